The molecule has 0 aliphatic carbocycles. The topological polar surface area (TPSA) is 50.2 Å². The Kier molecular flexibility index (Phi) is 3.69. The standard InChI is InChI=1S/C15H11BrN4/c16-14-8-4-2-6-12(14)10-18-20-15-13-7-3-1-5-11(13)9-17-19-15/h1-10H,(H,19,20)/b18-10-. The lowest BCUT2D eigenvalue weighted by molar-refractivity contribution is 1.04. The molecule has 0 bridgehead atoms. The number of rotatable bonds is 3. The first kappa shape index (κ1) is 12.7. The van der Waals surface area contributed by atoms with E-state index in [2.05, 4.69) is 36.7 Å². The molecule has 1 aromatic heterocycles. The minimum Gasteiger partial charge on any atom is -0.259 e. The van der Waals surface area contributed by atoms with Crippen LogP contribution in [0, 0.1) is 0 Å². The number of halogens is 1. The first-order valence-corrected chi connectivity index (χ1v) is 6.88. The van der Waals surface area contributed by atoms with Gasteiger partial charge in [0, 0.05) is 20.8 Å². The maximum Gasteiger partial charge on any atom is 0.176 e. The molecule has 0 saturated heterocycles. The van der Waals surface area contributed by atoms with Gasteiger partial charge in [0.05, 0.1) is 12.4 Å². The van der Waals surface area contributed by atoms with Crippen molar-refractivity contribution in [1.29, 1.82) is 0 Å². The molecule has 0 unspecified atom stereocenters. The minimum absolute atomic E-state index is 0.645. The highest BCUT2D eigenvalue weighted by Crippen LogP contribution is 2.19. The highest BCUT2D eigenvalue weighted by Gasteiger charge is 2.01. The highest BCUT2D eigenvalue weighted by molar-refractivity contribution is 9.10. The lowest BCUT2D eigenvalue weighted by atomic mass is 10.2. The van der Waals surface area contributed by atoms with Crippen LogP contribution in [-0.2, 0) is 0 Å². The van der Waals surface area contributed by atoms with Gasteiger partial charge in [-0.25, -0.2) is 0 Å². The van der Waals surface area contributed by atoms with Crippen LogP contribution in [0.2, 0.25) is 0 Å². The summed E-state index contributed by atoms with van der Waals surface area (Å²) in [6, 6.07) is 15.8. The molecule has 0 saturated carbocycles. The van der Waals surface area contributed by atoms with E-state index in [9.17, 15) is 0 Å². The van der Waals surface area contributed by atoms with Crippen LogP contribution in [0.25, 0.3) is 10.8 Å². The normalized spacial score (nSPS) is 11.1. The fraction of sp³-hybridized carbons (Fsp3) is 0. The van der Waals surface area contributed by atoms with Crippen molar-refractivity contribution in [2.75, 3.05) is 5.43 Å². The average molecular weight is 327 g/mol. The molecular formula is C15H11BrN4. The Balaban J connectivity index is 1.86. The van der Waals surface area contributed by atoms with Gasteiger partial charge in [-0.2, -0.15) is 10.2 Å². The van der Waals surface area contributed by atoms with E-state index in [1.165, 1.54) is 0 Å². The second kappa shape index (κ2) is 5.79. The number of nitrogens with one attached hydrogen (secondary N) is 1. The highest BCUT2D eigenvalue weighted by atomic mass is 79.9. The molecule has 5 heteroatoms. The van der Waals surface area contributed by atoms with Crippen LogP contribution >= 0.6 is 15.9 Å². The Morgan fingerprint density at radius 2 is 1.85 bits per heavy atom. The summed E-state index contributed by atoms with van der Waals surface area (Å²) in [6.07, 6.45) is 3.48. The lowest BCUT2D eigenvalue weighted by Crippen LogP contribution is -1.96. The second-order valence-electron chi connectivity index (χ2n) is 4.17. The molecule has 2 aromatic carbocycles. The molecule has 0 amide bonds. The third kappa shape index (κ3) is 2.67. The fourth-order valence-electron chi connectivity index (χ4n) is 1.85. The Bertz CT molecular complexity index is 765. The van der Waals surface area contributed by atoms with Crippen LogP contribution in [0.15, 0.2) is 64.3 Å². The summed E-state index contributed by atoms with van der Waals surface area (Å²) in [5, 5.41) is 14.3. The van der Waals surface area contributed by atoms with Gasteiger partial charge in [-0.15, -0.1) is 5.10 Å². The van der Waals surface area contributed by atoms with Crippen LogP contribution in [0.3, 0.4) is 0 Å². The average Bonchev–Trinajstić information content (AvgIpc) is 2.49. The first-order valence-electron chi connectivity index (χ1n) is 6.08. The van der Waals surface area contributed by atoms with Gasteiger partial charge in [0.1, 0.15) is 0 Å². The van der Waals surface area contributed by atoms with Crippen LogP contribution in [0.5, 0.6) is 0 Å². The van der Waals surface area contributed by atoms with E-state index in [0.717, 1.165) is 20.8 Å². The summed E-state index contributed by atoms with van der Waals surface area (Å²) in [5.74, 6) is 0.645. The van der Waals surface area contributed by atoms with Gasteiger partial charge in [0.25, 0.3) is 0 Å². The van der Waals surface area contributed by atoms with Gasteiger partial charge in [0.2, 0.25) is 0 Å². The van der Waals surface area contributed by atoms with Gasteiger partial charge in [0.15, 0.2) is 5.82 Å². The number of aromatic nitrogens is 2. The molecular weight excluding hydrogens is 316 g/mol. The molecule has 0 spiro atoms. The largest absolute Gasteiger partial charge is 0.259 e. The molecule has 20 heavy (non-hydrogen) atoms. The van der Waals surface area contributed by atoms with E-state index in [1.54, 1.807) is 12.4 Å². The van der Waals surface area contributed by atoms with Crippen LogP contribution < -0.4 is 5.43 Å². The number of benzene rings is 2. The van der Waals surface area contributed by atoms with Crippen molar-refractivity contribution in [3.05, 3.63) is 64.8 Å². The first-order chi connectivity index (χ1) is 9.84. The van der Waals surface area contributed by atoms with Crippen molar-refractivity contribution in [2.45, 2.75) is 0 Å². The summed E-state index contributed by atoms with van der Waals surface area (Å²) in [6.45, 7) is 0. The maximum atomic E-state index is 4.22. The van der Waals surface area contributed by atoms with Gasteiger partial charge in [-0.3, -0.25) is 5.43 Å². The number of hydrazone groups is 1. The quantitative estimate of drug-likeness (QED) is 0.587. The summed E-state index contributed by atoms with van der Waals surface area (Å²) >= 11 is 3.48. The van der Waals surface area contributed by atoms with Crippen molar-refractivity contribution in [1.82, 2.24) is 10.2 Å². The Morgan fingerprint density at radius 3 is 2.75 bits per heavy atom. The molecule has 3 aromatic rings. The molecule has 0 radical (unpaired) electrons. The van der Waals surface area contributed by atoms with E-state index in [0.29, 0.717) is 5.82 Å². The van der Waals surface area contributed by atoms with Crippen molar-refractivity contribution in [3.63, 3.8) is 0 Å². The lowest BCUT2D eigenvalue weighted by Gasteiger charge is -2.03. The molecule has 0 fully saturated rings. The van der Waals surface area contributed by atoms with Crippen molar-refractivity contribution in [3.8, 4) is 0 Å². The summed E-state index contributed by atoms with van der Waals surface area (Å²) < 4.78 is 0.995. The van der Waals surface area contributed by atoms with Crippen molar-refractivity contribution >= 4 is 38.7 Å². The number of anilines is 1. The third-order valence-electron chi connectivity index (χ3n) is 2.85. The van der Waals surface area contributed by atoms with Gasteiger partial charge >= 0.3 is 0 Å². The smallest absolute Gasteiger partial charge is 0.176 e. The van der Waals surface area contributed by atoms with Gasteiger partial charge in [-0.1, -0.05) is 58.4 Å². The maximum absolute atomic E-state index is 4.22. The monoisotopic (exact) mass is 326 g/mol. The predicted molar refractivity (Wildman–Crippen MR) is 84.9 cm³/mol. The van der Waals surface area contributed by atoms with Crippen molar-refractivity contribution < 1.29 is 0 Å². The number of hydrogen-bond acceptors (Lipinski definition) is 4. The van der Waals surface area contributed by atoms with Gasteiger partial charge in [-0.05, 0) is 6.07 Å². The minimum atomic E-state index is 0.645. The zero-order valence-corrected chi connectivity index (χ0v) is 12.1. The van der Waals surface area contributed by atoms with Crippen molar-refractivity contribution in [2.24, 2.45) is 5.10 Å². The van der Waals surface area contributed by atoms with Crippen LogP contribution in [0.1, 0.15) is 5.56 Å². The Labute approximate surface area is 124 Å². The molecule has 98 valence electrons. The van der Waals surface area contributed by atoms with E-state index in [1.807, 2.05) is 48.5 Å². The molecule has 3 rings (SSSR count). The van der Waals surface area contributed by atoms with Gasteiger partial charge < -0.3 is 0 Å². The van der Waals surface area contributed by atoms with E-state index < -0.39 is 0 Å². The summed E-state index contributed by atoms with van der Waals surface area (Å²) in [5.41, 5.74) is 3.93. The Hall–Kier alpha value is -2.27. The molecule has 1 N–H and O–H groups in total. The van der Waals surface area contributed by atoms with E-state index in [-0.39, 0.29) is 0 Å². The van der Waals surface area contributed by atoms with E-state index >= 15 is 0 Å². The molecule has 0 aliphatic heterocycles. The van der Waals surface area contributed by atoms with Crippen LogP contribution in [0.4, 0.5) is 5.82 Å². The SMILES string of the molecule is Brc1ccccc1/C=N\Nc1nncc2ccccc12. The fourth-order valence-corrected chi connectivity index (χ4v) is 2.24. The van der Waals surface area contributed by atoms with Crippen LogP contribution in [-0.4, -0.2) is 16.4 Å². The number of fused-ring (bicyclic) bond motifs is 1. The molecule has 1 heterocycles. The number of hydrogen-bond donors (Lipinski definition) is 1. The summed E-state index contributed by atoms with van der Waals surface area (Å²) in [7, 11) is 0. The Morgan fingerprint density at radius 1 is 1.05 bits per heavy atom. The number of nitrogens with zero attached hydrogens (tertiary/aromatic N) is 3. The second-order valence-corrected chi connectivity index (χ2v) is 5.03. The predicted octanol–water partition coefficient (Wildman–Crippen LogP) is 3.84. The summed E-state index contributed by atoms with van der Waals surface area (Å²) in [4.78, 5) is 0. The van der Waals surface area contributed by atoms with E-state index in [4.69, 9.17) is 0 Å². The third-order valence-corrected chi connectivity index (χ3v) is 3.57. The molecule has 0 aliphatic rings. The molecule has 4 nitrogen and oxygen atoms in total. The zero-order valence-electron chi connectivity index (χ0n) is 10.5. The zero-order chi connectivity index (χ0) is 13.8. The molecule has 0 atom stereocenters.